The fourth-order valence-corrected chi connectivity index (χ4v) is 17.8. The molecule has 0 aromatic carbocycles. The topological polar surface area (TPSA) is 109 Å². The minimum atomic E-state index is -0.827. The van der Waals surface area contributed by atoms with Crippen molar-refractivity contribution in [2.75, 3.05) is 112 Å². The predicted octanol–water partition coefficient (Wildman–Crippen LogP) is 6.53. The molecule has 254 valence electrons. The number of carbonyl (C=O) groups is 3. The normalized spacial score (nSPS) is 12.0. The molecule has 0 saturated heterocycles. The molecular formula is C23H42O6S14. The van der Waals surface area contributed by atoms with Crippen LogP contribution in [-0.4, -0.2) is 142 Å². The Balaban J connectivity index is 3.38. The Morgan fingerprint density at radius 3 is 1.40 bits per heavy atom. The third-order valence-electron chi connectivity index (χ3n) is 3.92. The minimum Gasteiger partial charge on any atom is -0.396 e. The predicted molar refractivity (Wildman–Crippen MR) is 224 cm³/mol. The van der Waals surface area contributed by atoms with E-state index >= 15 is 0 Å². The summed E-state index contributed by atoms with van der Waals surface area (Å²) in [7, 11) is -0.827. The van der Waals surface area contributed by atoms with Crippen molar-refractivity contribution in [2.45, 2.75) is 0 Å². The third kappa shape index (κ3) is 38.3. The van der Waals surface area contributed by atoms with Crippen molar-refractivity contribution in [2.24, 2.45) is 0 Å². The largest absolute Gasteiger partial charge is 0.396 e. The fraction of sp³-hybridized carbons (Fsp3) is 0.870. The zero-order valence-electron chi connectivity index (χ0n) is 23.9. The summed E-state index contributed by atoms with van der Waals surface area (Å²) >= 11 is 21.0. The van der Waals surface area contributed by atoms with Gasteiger partial charge in [-0.15, -0.1) is 82.3 Å². The molecule has 0 rings (SSSR count). The quantitative estimate of drug-likeness (QED) is 0.0551. The monoisotopic (exact) mass is 862 g/mol. The molecular weight excluding hydrogens is 821 g/mol. The molecule has 0 spiro atoms. The van der Waals surface area contributed by atoms with Gasteiger partial charge in [-0.25, -0.2) is 0 Å². The highest BCUT2D eigenvalue weighted by Gasteiger charge is 2.07. The Morgan fingerprint density at radius 2 is 0.884 bits per heavy atom. The Kier molecular flexibility index (Phi) is 41.7. The Labute approximate surface area is 316 Å². The molecule has 20 heteroatoms. The summed E-state index contributed by atoms with van der Waals surface area (Å²) in [6.07, 6.45) is 0. The first-order valence-electron chi connectivity index (χ1n) is 12.8. The lowest BCUT2D eigenvalue weighted by molar-refractivity contribution is -0.109. The van der Waals surface area contributed by atoms with Crippen molar-refractivity contribution in [3.8, 4) is 0 Å². The number of hydrogen-bond acceptors (Lipinski definition) is 19. The van der Waals surface area contributed by atoms with Crippen LogP contribution in [0, 0.1) is 0 Å². The number of thioether (sulfide) groups is 13. The molecule has 0 saturated carbocycles. The van der Waals surface area contributed by atoms with Crippen molar-refractivity contribution in [3.63, 3.8) is 0 Å². The summed E-state index contributed by atoms with van der Waals surface area (Å²) in [6.45, 7) is 0.374. The van der Waals surface area contributed by atoms with Crippen molar-refractivity contribution in [1.29, 1.82) is 0 Å². The standard InChI is InChI=1S/C23H42O6S14/c24-1-3-30-5-7-40-21(26)11-33-15-36-14-32-9-10-43(29)20-39-18-38-19-42-23(28)13-35-17-37-16-34-12-22(27)41-8-6-31-4-2-25/h24-25H,1-20H2. The molecule has 0 radical (unpaired) electrons. The van der Waals surface area contributed by atoms with E-state index in [2.05, 4.69) is 0 Å². The second-order valence-corrected chi connectivity index (χ2v) is 25.3. The Morgan fingerprint density at radius 1 is 0.442 bits per heavy atom. The van der Waals surface area contributed by atoms with E-state index in [1.54, 1.807) is 118 Å². The van der Waals surface area contributed by atoms with E-state index in [0.717, 1.165) is 70.8 Å². The molecule has 0 fully saturated rings. The average molecular weight is 864 g/mol. The third-order valence-corrected chi connectivity index (χ3v) is 21.5. The van der Waals surface area contributed by atoms with Gasteiger partial charge in [0.25, 0.3) is 0 Å². The van der Waals surface area contributed by atoms with Gasteiger partial charge in [0, 0.05) is 87.3 Å². The first-order chi connectivity index (χ1) is 21.0. The summed E-state index contributed by atoms with van der Waals surface area (Å²) in [4.78, 5) is 35.6. The van der Waals surface area contributed by atoms with E-state index < -0.39 is 10.8 Å². The Hall–Kier alpha value is 3.63. The molecule has 1 atom stereocenters. The molecule has 0 amide bonds. The highest BCUT2D eigenvalue weighted by Crippen LogP contribution is 2.24. The number of aliphatic hydroxyl groups excluding tert-OH is 2. The summed E-state index contributed by atoms with van der Waals surface area (Å²) in [5, 5.41) is 23.8. The number of carbonyl (C=O) groups excluding carboxylic acids is 3. The highest BCUT2D eigenvalue weighted by atomic mass is 32.3. The molecule has 0 bridgehead atoms. The smallest absolute Gasteiger partial charge is 0.199 e. The van der Waals surface area contributed by atoms with Gasteiger partial charge in [-0.05, 0) is 0 Å². The molecule has 0 aliphatic carbocycles. The van der Waals surface area contributed by atoms with Crippen molar-refractivity contribution in [3.05, 3.63) is 0 Å². The molecule has 6 nitrogen and oxygen atoms in total. The van der Waals surface area contributed by atoms with E-state index in [0.29, 0.717) is 28.1 Å². The van der Waals surface area contributed by atoms with Crippen LogP contribution in [0.25, 0.3) is 0 Å². The van der Waals surface area contributed by atoms with Crippen LogP contribution in [0.5, 0.6) is 0 Å². The van der Waals surface area contributed by atoms with Crippen molar-refractivity contribution in [1.82, 2.24) is 0 Å². The van der Waals surface area contributed by atoms with Gasteiger partial charge < -0.3 is 10.2 Å². The molecule has 0 aliphatic rings. The number of rotatable bonds is 33. The van der Waals surface area contributed by atoms with Crippen LogP contribution < -0.4 is 0 Å². The molecule has 1 unspecified atom stereocenters. The van der Waals surface area contributed by atoms with E-state index in [-0.39, 0.29) is 28.6 Å². The second-order valence-electron chi connectivity index (χ2n) is 7.37. The summed E-state index contributed by atoms with van der Waals surface area (Å²) < 4.78 is 12.2. The minimum absolute atomic E-state index is 0.185. The van der Waals surface area contributed by atoms with Crippen molar-refractivity contribution >= 4 is 179 Å². The second kappa shape index (κ2) is 38.4. The highest BCUT2D eigenvalue weighted by molar-refractivity contribution is 8.29. The van der Waals surface area contributed by atoms with Gasteiger partial charge in [0.2, 0.25) is 0 Å². The fourth-order valence-electron chi connectivity index (χ4n) is 2.16. The van der Waals surface area contributed by atoms with Gasteiger partial charge >= 0.3 is 0 Å². The number of hydrogen-bond donors (Lipinski definition) is 2. The zero-order valence-corrected chi connectivity index (χ0v) is 35.3. The van der Waals surface area contributed by atoms with Gasteiger partial charge in [-0.1, -0.05) is 35.3 Å². The van der Waals surface area contributed by atoms with E-state index in [1.165, 1.54) is 35.3 Å². The number of aliphatic hydroxyl groups is 2. The van der Waals surface area contributed by atoms with E-state index in [1.807, 2.05) is 0 Å². The summed E-state index contributed by atoms with van der Waals surface area (Å²) in [6, 6.07) is 0. The lowest BCUT2D eigenvalue weighted by Gasteiger charge is -2.04. The summed E-state index contributed by atoms with van der Waals surface area (Å²) in [5.74, 6) is 7.96. The van der Waals surface area contributed by atoms with Crippen LogP contribution in [0.4, 0.5) is 0 Å². The van der Waals surface area contributed by atoms with Crippen LogP contribution in [0.3, 0.4) is 0 Å². The molecule has 2 N–H and O–H groups in total. The first-order valence-corrected chi connectivity index (χ1v) is 28.8. The van der Waals surface area contributed by atoms with Gasteiger partial charge in [0.1, 0.15) is 0 Å². The molecule has 0 aliphatic heterocycles. The van der Waals surface area contributed by atoms with E-state index in [4.69, 9.17) is 10.2 Å². The maximum Gasteiger partial charge on any atom is 0.199 e. The van der Waals surface area contributed by atoms with E-state index in [9.17, 15) is 18.6 Å². The SMILES string of the molecule is O=C(CSCSCSCCS(=O)CSCSCSC(=O)CSCSCSCC(=O)SCCSCCO)SCCSCCO. The maximum atomic E-state index is 12.2. The van der Waals surface area contributed by atoms with Gasteiger partial charge in [0.15, 0.2) is 15.3 Å². The maximum absolute atomic E-state index is 12.2. The van der Waals surface area contributed by atoms with Gasteiger partial charge in [0.05, 0.1) is 35.6 Å². The van der Waals surface area contributed by atoms with Crippen LogP contribution in [-0.2, 0) is 25.2 Å². The van der Waals surface area contributed by atoms with Crippen LogP contribution >= 0.6 is 153 Å². The first kappa shape index (κ1) is 46.6. The lowest BCUT2D eigenvalue weighted by Crippen LogP contribution is -2.03. The van der Waals surface area contributed by atoms with Crippen LogP contribution in [0.2, 0.25) is 0 Å². The zero-order chi connectivity index (χ0) is 31.6. The lowest BCUT2D eigenvalue weighted by atomic mass is 10.9. The van der Waals surface area contributed by atoms with Crippen molar-refractivity contribution < 1.29 is 28.8 Å². The molecule has 0 heterocycles. The van der Waals surface area contributed by atoms with Crippen LogP contribution in [0.15, 0.2) is 0 Å². The van der Waals surface area contributed by atoms with Gasteiger partial charge in [-0.2, -0.15) is 35.3 Å². The average Bonchev–Trinajstić information content (AvgIpc) is 2.99. The Bertz CT molecular complexity index is 709. The molecule has 0 aromatic rings. The van der Waals surface area contributed by atoms with Gasteiger partial charge in [-0.3, -0.25) is 18.6 Å². The summed E-state index contributed by atoms with van der Waals surface area (Å²) in [5.41, 5.74) is 0. The molecule has 43 heavy (non-hydrogen) atoms. The van der Waals surface area contributed by atoms with Crippen LogP contribution in [0.1, 0.15) is 0 Å². The molecule has 0 aromatic heterocycles.